The van der Waals surface area contributed by atoms with Gasteiger partial charge in [-0.1, -0.05) is 0 Å². The van der Waals surface area contributed by atoms with E-state index in [1.807, 2.05) is 6.92 Å². The minimum Gasteiger partial charge on any atom is -0.382 e. The van der Waals surface area contributed by atoms with Gasteiger partial charge in [0.25, 0.3) is 11.7 Å². The quantitative estimate of drug-likeness (QED) is 0.589. The van der Waals surface area contributed by atoms with Crippen LogP contribution in [0.1, 0.15) is 28.8 Å². The third kappa shape index (κ3) is 3.66. The number of fused-ring (bicyclic) bond motifs is 1. The number of aromatic nitrogens is 4. The van der Waals surface area contributed by atoms with Crippen LogP contribution < -0.4 is 15.6 Å². The van der Waals surface area contributed by atoms with E-state index in [0.717, 1.165) is 12.1 Å². The van der Waals surface area contributed by atoms with Gasteiger partial charge in [0.2, 0.25) is 0 Å². The second kappa shape index (κ2) is 7.38. The molecule has 7 nitrogen and oxygen atoms in total. The summed E-state index contributed by atoms with van der Waals surface area (Å²) < 4.78 is 43.0. The summed E-state index contributed by atoms with van der Waals surface area (Å²) in [6.45, 7) is 2.33. The maximum absolute atomic E-state index is 13.1. The van der Waals surface area contributed by atoms with Crippen LogP contribution in [0.3, 0.4) is 0 Å². The molecule has 0 atom stereocenters. The van der Waals surface area contributed by atoms with Crippen LogP contribution in [0.4, 0.5) is 19.0 Å². The molecule has 0 spiro atoms. The molecular weight excluding hydrogens is 441 g/mol. The molecule has 0 saturated heterocycles. The molecule has 0 bridgehead atoms. The number of amides is 1. The monoisotopic (exact) mass is 457 g/mol. The predicted octanol–water partition coefficient (Wildman–Crippen LogP) is 2.57. The molecule has 148 valence electrons. The van der Waals surface area contributed by atoms with Gasteiger partial charge in [-0.05, 0) is 35.0 Å². The van der Waals surface area contributed by atoms with Crippen LogP contribution in [0.25, 0.3) is 11.0 Å². The molecular formula is C17H17BrF3N6O+. The molecule has 1 aromatic carbocycles. The summed E-state index contributed by atoms with van der Waals surface area (Å²) in [6.07, 6.45) is -3.06. The summed E-state index contributed by atoms with van der Waals surface area (Å²) >= 11 is 3.13. The number of aryl methyl sites for hydroxylation is 2. The average Bonchev–Trinajstić information content (AvgIpc) is 2.91. The van der Waals surface area contributed by atoms with Crippen molar-refractivity contribution in [3.05, 3.63) is 46.1 Å². The summed E-state index contributed by atoms with van der Waals surface area (Å²) in [4.78, 5) is 20.3. The van der Waals surface area contributed by atoms with Crippen molar-refractivity contribution >= 4 is 38.7 Å². The zero-order valence-electron chi connectivity index (χ0n) is 15.0. The molecule has 0 unspecified atom stereocenters. The fourth-order valence-corrected chi connectivity index (χ4v) is 3.29. The first-order valence-electron chi connectivity index (χ1n) is 8.28. The molecule has 3 aromatic rings. The van der Waals surface area contributed by atoms with E-state index in [9.17, 15) is 18.0 Å². The molecule has 0 radical (unpaired) electrons. The van der Waals surface area contributed by atoms with Crippen LogP contribution in [0.15, 0.2) is 29.0 Å². The molecule has 3 N–H and O–H groups in total. The number of hydrogen-bond donors (Lipinski definition) is 2. The number of nitrogens with zero attached hydrogens (tertiary/aromatic N) is 4. The van der Waals surface area contributed by atoms with Gasteiger partial charge < -0.3 is 11.1 Å². The number of carbonyl (C=O) groups is 1. The van der Waals surface area contributed by atoms with Crippen molar-refractivity contribution in [1.29, 1.82) is 0 Å². The van der Waals surface area contributed by atoms with Crippen LogP contribution in [-0.2, 0) is 26.3 Å². The Labute approximate surface area is 166 Å². The van der Waals surface area contributed by atoms with E-state index in [2.05, 4.69) is 31.2 Å². The number of halogens is 4. The number of rotatable bonds is 4. The molecule has 28 heavy (non-hydrogen) atoms. The molecule has 3 rings (SSSR count). The van der Waals surface area contributed by atoms with Gasteiger partial charge in [0, 0.05) is 6.07 Å². The van der Waals surface area contributed by atoms with Gasteiger partial charge >= 0.3 is 6.18 Å². The second-order valence-corrected chi connectivity index (χ2v) is 6.84. The Morgan fingerprint density at radius 3 is 2.75 bits per heavy atom. The smallest absolute Gasteiger partial charge is 0.382 e. The predicted molar refractivity (Wildman–Crippen MR) is 99.1 cm³/mol. The van der Waals surface area contributed by atoms with Crippen molar-refractivity contribution in [2.75, 3.05) is 5.73 Å². The molecule has 0 saturated carbocycles. The largest absolute Gasteiger partial charge is 0.416 e. The highest BCUT2D eigenvalue weighted by Gasteiger charge is 2.33. The van der Waals surface area contributed by atoms with Crippen LogP contribution >= 0.6 is 15.9 Å². The summed E-state index contributed by atoms with van der Waals surface area (Å²) in [5.74, 6) is 0.0813. The van der Waals surface area contributed by atoms with E-state index in [1.54, 1.807) is 16.2 Å². The van der Waals surface area contributed by atoms with Crippen molar-refractivity contribution in [1.82, 2.24) is 19.9 Å². The van der Waals surface area contributed by atoms with E-state index in [4.69, 9.17) is 5.73 Å². The van der Waals surface area contributed by atoms with Crippen molar-refractivity contribution in [3.63, 3.8) is 0 Å². The lowest BCUT2D eigenvalue weighted by Gasteiger charge is -2.06. The number of carbonyl (C=O) groups excluding carboxylic acids is 1. The number of nitrogens with one attached hydrogen (secondary N) is 1. The molecule has 2 heterocycles. The van der Waals surface area contributed by atoms with Crippen molar-refractivity contribution in [3.8, 4) is 0 Å². The Hall–Kier alpha value is -2.69. The van der Waals surface area contributed by atoms with Crippen LogP contribution in [0.5, 0.6) is 0 Å². The van der Waals surface area contributed by atoms with E-state index in [0.29, 0.717) is 28.0 Å². The minimum absolute atomic E-state index is 0.0177. The van der Waals surface area contributed by atoms with Crippen molar-refractivity contribution < 1.29 is 22.5 Å². The number of hydrogen-bond acceptors (Lipinski definition) is 4. The maximum Gasteiger partial charge on any atom is 0.416 e. The lowest BCUT2D eigenvalue weighted by atomic mass is 10.2. The van der Waals surface area contributed by atoms with E-state index in [-0.39, 0.29) is 18.1 Å². The van der Waals surface area contributed by atoms with E-state index < -0.39 is 17.6 Å². The average molecular weight is 458 g/mol. The normalized spacial score (nSPS) is 11.8. The van der Waals surface area contributed by atoms with Gasteiger partial charge in [0.1, 0.15) is 11.1 Å². The highest BCUT2D eigenvalue weighted by atomic mass is 79.9. The molecule has 1 amide bonds. The fraction of sp³-hybridized carbons (Fsp3) is 0.294. The first kappa shape index (κ1) is 20.1. The Balaban J connectivity index is 1.95. The Morgan fingerprint density at radius 1 is 1.39 bits per heavy atom. The molecule has 0 aliphatic rings. The highest BCUT2D eigenvalue weighted by Crippen LogP contribution is 2.31. The number of anilines is 1. The summed E-state index contributed by atoms with van der Waals surface area (Å²) in [5, 5.41) is 2.70. The molecule has 0 fully saturated rings. The van der Waals surface area contributed by atoms with Gasteiger partial charge in [-0.3, -0.25) is 4.79 Å². The van der Waals surface area contributed by atoms with Gasteiger partial charge in [0.15, 0.2) is 22.5 Å². The Morgan fingerprint density at radius 2 is 2.11 bits per heavy atom. The van der Waals surface area contributed by atoms with Crippen LogP contribution in [-0.4, -0.2) is 20.4 Å². The third-order valence-corrected chi connectivity index (χ3v) is 4.75. The van der Waals surface area contributed by atoms with Gasteiger partial charge in [-0.2, -0.15) is 13.2 Å². The standard InChI is InChI=1S/C17H16BrF3N6O/c1-3-27-11-6-9(17(19,20)21)4-5-10(11)26(2)13(27)8-24-16(28)14-15(22)23-7-12(18)25-14/h4-7H,3,8H2,1-2H3,(H2-,22,23,24,28)/p+1. The Bertz CT molecular complexity index is 1060. The van der Waals surface area contributed by atoms with E-state index in [1.165, 1.54) is 12.3 Å². The van der Waals surface area contributed by atoms with Crippen LogP contribution in [0, 0.1) is 0 Å². The zero-order chi connectivity index (χ0) is 20.6. The van der Waals surface area contributed by atoms with Gasteiger partial charge in [-0.25, -0.2) is 19.1 Å². The first-order valence-corrected chi connectivity index (χ1v) is 9.07. The van der Waals surface area contributed by atoms with Gasteiger partial charge in [0.05, 0.1) is 25.4 Å². The lowest BCUT2D eigenvalue weighted by Crippen LogP contribution is -2.38. The fourth-order valence-electron chi connectivity index (χ4n) is 3.01. The maximum atomic E-state index is 13.1. The van der Waals surface area contributed by atoms with E-state index >= 15 is 0 Å². The number of nitrogens with two attached hydrogens (primary N) is 1. The number of alkyl halides is 3. The number of imidazole rings is 1. The molecule has 0 aliphatic heterocycles. The first-order chi connectivity index (χ1) is 13.1. The van der Waals surface area contributed by atoms with Crippen molar-refractivity contribution in [2.45, 2.75) is 26.2 Å². The zero-order valence-corrected chi connectivity index (χ0v) is 16.6. The van der Waals surface area contributed by atoms with Gasteiger partial charge in [-0.15, -0.1) is 0 Å². The number of nitrogen functional groups attached to an aromatic ring is 1. The van der Waals surface area contributed by atoms with Crippen molar-refractivity contribution in [2.24, 2.45) is 7.05 Å². The summed E-state index contributed by atoms with van der Waals surface area (Å²) in [5.41, 5.74) is 6.00. The lowest BCUT2D eigenvalue weighted by molar-refractivity contribution is -0.654. The molecule has 0 aliphatic carbocycles. The minimum atomic E-state index is -4.43. The SMILES string of the molecule is CCn1c(CNC(=O)c2nc(Br)cnc2N)[n+](C)c2ccc(C(F)(F)F)cc21. The second-order valence-electron chi connectivity index (χ2n) is 6.03. The van der Waals surface area contributed by atoms with Crippen LogP contribution in [0.2, 0.25) is 0 Å². The topological polar surface area (TPSA) is 89.7 Å². The highest BCUT2D eigenvalue weighted by molar-refractivity contribution is 9.10. The number of benzene rings is 1. The molecule has 2 aromatic heterocycles. The summed E-state index contributed by atoms with van der Waals surface area (Å²) in [6, 6.07) is 3.58. The summed E-state index contributed by atoms with van der Waals surface area (Å²) in [7, 11) is 1.73. The third-order valence-electron chi connectivity index (χ3n) is 4.36. The molecule has 11 heteroatoms. The Kier molecular flexibility index (Phi) is 5.28.